The molecule has 44 valence electrons. The lowest BCUT2D eigenvalue weighted by Crippen LogP contribution is -1.84. The smallest absolute Gasteiger partial charge is 0.00253 e. The first-order chi connectivity index (χ1) is 4.97. The average Bonchev–Trinajstić information content (AvgIpc) is 2.05. The van der Waals surface area contributed by atoms with Crippen LogP contribution in [0.25, 0.3) is 0 Å². The Bertz CT molecular complexity index is 262. The number of allylic oxidation sites excluding steroid dienone is 2. The van der Waals surface area contributed by atoms with Crippen molar-refractivity contribution in [2.75, 3.05) is 0 Å². The van der Waals surface area contributed by atoms with E-state index in [9.17, 15) is 0 Å². The molecule has 0 bridgehead atoms. The van der Waals surface area contributed by atoms with E-state index in [0.29, 0.717) is 0 Å². The molecule has 1 aliphatic carbocycles. The zero-order valence-electron chi connectivity index (χ0n) is 5.46. The molecule has 0 amide bonds. The normalized spacial score (nSPS) is 11.6. The summed E-state index contributed by atoms with van der Waals surface area (Å²) in [5.74, 6) is 0. The SMILES string of the molecule is [C+]1=CC=[C+]c2ccccc21. The summed E-state index contributed by atoms with van der Waals surface area (Å²) in [5, 5.41) is 0. The Morgan fingerprint density at radius 3 is 1.80 bits per heavy atom. The molecule has 10 heavy (non-hydrogen) atoms. The number of fused-ring (bicyclic) bond motifs is 1. The Kier molecular flexibility index (Phi) is 1.08. The molecule has 2 rings (SSSR count). The molecule has 0 atom stereocenters. The average molecular weight is 126 g/mol. The van der Waals surface area contributed by atoms with Crippen LogP contribution < -0.4 is 0 Å². The third kappa shape index (κ3) is 0.728. The van der Waals surface area contributed by atoms with Crippen LogP contribution in [-0.4, -0.2) is 0 Å². The first-order valence-electron chi connectivity index (χ1n) is 3.24. The van der Waals surface area contributed by atoms with Gasteiger partial charge in [0.05, 0.1) is 12.1 Å². The van der Waals surface area contributed by atoms with E-state index in [2.05, 4.69) is 12.2 Å². The van der Waals surface area contributed by atoms with Crippen molar-refractivity contribution in [1.29, 1.82) is 0 Å². The molecule has 1 aromatic rings. The van der Waals surface area contributed by atoms with Gasteiger partial charge in [0.15, 0.2) is 12.2 Å². The van der Waals surface area contributed by atoms with Gasteiger partial charge in [0.1, 0.15) is 12.2 Å². The van der Waals surface area contributed by atoms with Gasteiger partial charge in [-0.15, -0.1) is 0 Å². The van der Waals surface area contributed by atoms with Crippen LogP contribution >= 0.6 is 0 Å². The molecule has 1 aromatic carbocycles. The highest BCUT2D eigenvalue weighted by Gasteiger charge is 2.16. The summed E-state index contributed by atoms with van der Waals surface area (Å²) in [4.78, 5) is 0. The number of benzene rings is 1. The van der Waals surface area contributed by atoms with Gasteiger partial charge >= 0.3 is 0 Å². The summed E-state index contributed by atoms with van der Waals surface area (Å²) in [6.07, 6.45) is 9.99. The molecular weight excluding hydrogens is 120 g/mol. The zero-order chi connectivity index (χ0) is 6.81. The fourth-order valence-electron chi connectivity index (χ4n) is 0.998. The molecule has 0 N–H and O–H groups in total. The van der Waals surface area contributed by atoms with Crippen LogP contribution in [0.3, 0.4) is 0 Å². The topological polar surface area (TPSA) is 0 Å². The van der Waals surface area contributed by atoms with Crippen molar-refractivity contribution in [2.45, 2.75) is 0 Å². The van der Waals surface area contributed by atoms with Gasteiger partial charge in [-0.25, -0.2) is 0 Å². The Morgan fingerprint density at radius 1 is 0.800 bits per heavy atom. The van der Waals surface area contributed by atoms with E-state index >= 15 is 0 Å². The maximum absolute atomic E-state index is 3.12. The van der Waals surface area contributed by atoms with Crippen molar-refractivity contribution >= 4 is 0 Å². The van der Waals surface area contributed by atoms with Crippen LogP contribution in [0.5, 0.6) is 0 Å². The Morgan fingerprint density at radius 2 is 1.30 bits per heavy atom. The standard InChI is InChI=1S/C10H6/c1-2-6-10-8-4-3-7-9(10)5-1/h1-6H/q+2. The van der Waals surface area contributed by atoms with E-state index < -0.39 is 0 Å². The highest BCUT2D eigenvalue weighted by Crippen LogP contribution is 2.11. The van der Waals surface area contributed by atoms with Gasteiger partial charge in [-0.2, -0.15) is 0 Å². The van der Waals surface area contributed by atoms with Crippen molar-refractivity contribution < 1.29 is 0 Å². The van der Waals surface area contributed by atoms with E-state index in [0.717, 1.165) is 11.1 Å². The first kappa shape index (κ1) is 5.32. The molecule has 0 nitrogen and oxygen atoms in total. The maximum atomic E-state index is 3.12. The highest BCUT2D eigenvalue weighted by atomic mass is 14.0. The lowest BCUT2D eigenvalue weighted by atomic mass is 10.0. The predicted molar refractivity (Wildman–Crippen MR) is 40.3 cm³/mol. The summed E-state index contributed by atoms with van der Waals surface area (Å²) in [6.45, 7) is 0. The molecule has 0 saturated heterocycles. The van der Waals surface area contributed by atoms with E-state index in [1.54, 1.807) is 0 Å². The largest absolute Gasteiger partial charge is 0.251 e. The van der Waals surface area contributed by atoms with Gasteiger partial charge in [0, 0.05) is 12.1 Å². The van der Waals surface area contributed by atoms with Crippen LogP contribution in [0, 0.1) is 12.2 Å². The van der Waals surface area contributed by atoms with Crippen LogP contribution in [0.2, 0.25) is 0 Å². The van der Waals surface area contributed by atoms with Crippen molar-refractivity contribution in [1.82, 2.24) is 0 Å². The second kappa shape index (κ2) is 2.04. The molecule has 0 fully saturated rings. The third-order valence-corrected chi connectivity index (χ3v) is 1.49. The molecule has 0 heterocycles. The maximum Gasteiger partial charge on any atom is 0.251 e. The van der Waals surface area contributed by atoms with E-state index in [4.69, 9.17) is 0 Å². The predicted octanol–water partition coefficient (Wildman–Crippen LogP) is 2.12. The van der Waals surface area contributed by atoms with Gasteiger partial charge < -0.3 is 0 Å². The Hall–Kier alpha value is -1.48. The fourth-order valence-corrected chi connectivity index (χ4v) is 0.998. The molecule has 0 spiro atoms. The second-order valence-corrected chi connectivity index (χ2v) is 2.17. The van der Waals surface area contributed by atoms with E-state index in [-0.39, 0.29) is 0 Å². The molecule has 0 aliphatic heterocycles. The summed E-state index contributed by atoms with van der Waals surface area (Å²) >= 11 is 0. The molecule has 0 aromatic heterocycles. The van der Waals surface area contributed by atoms with E-state index in [1.165, 1.54) is 0 Å². The summed E-state index contributed by atoms with van der Waals surface area (Å²) in [5.41, 5.74) is 2.26. The third-order valence-electron chi connectivity index (χ3n) is 1.49. The quantitative estimate of drug-likeness (QED) is 0.467. The second-order valence-electron chi connectivity index (χ2n) is 2.17. The van der Waals surface area contributed by atoms with Crippen LogP contribution in [0.15, 0.2) is 36.4 Å². The van der Waals surface area contributed by atoms with Gasteiger partial charge in [-0.1, -0.05) is 0 Å². The minimum absolute atomic E-state index is 1.13. The van der Waals surface area contributed by atoms with Crippen LogP contribution in [-0.2, 0) is 0 Å². The van der Waals surface area contributed by atoms with E-state index in [1.807, 2.05) is 36.4 Å². The summed E-state index contributed by atoms with van der Waals surface area (Å²) in [6, 6.07) is 8.08. The molecule has 0 heteroatoms. The lowest BCUT2D eigenvalue weighted by Gasteiger charge is -1.81. The van der Waals surface area contributed by atoms with Crippen molar-refractivity contribution in [3.8, 4) is 0 Å². The number of hydrogen-bond donors (Lipinski definition) is 0. The first-order valence-corrected chi connectivity index (χ1v) is 3.24. The summed E-state index contributed by atoms with van der Waals surface area (Å²) < 4.78 is 0. The van der Waals surface area contributed by atoms with Crippen molar-refractivity contribution in [2.24, 2.45) is 0 Å². The van der Waals surface area contributed by atoms with Crippen molar-refractivity contribution in [3.05, 3.63) is 59.7 Å². The lowest BCUT2D eigenvalue weighted by molar-refractivity contribution is 1.44. The van der Waals surface area contributed by atoms with Gasteiger partial charge in [0.25, 0.3) is 11.1 Å². The molecular formula is C10H6+2. The molecule has 0 radical (unpaired) electrons. The minimum atomic E-state index is 1.13. The zero-order valence-corrected chi connectivity index (χ0v) is 5.46. The molecule has 1 aliphatic rings. The number of rotatable bonds is 0. The minimum Gasteiger partial charge on any atom is 0.00253 e. The molecule has 0 unspecified atom stereocenters. The van der Waals surface area contributed by atoms with Crippen molar-refractivity contribution in [3.63, 3.8) is 0 Å². The monoisotopic (exact) mass is 126 g/mol. The Balaban J connectivity index is 2.65. The van der Waals surface area contributed by atoms with Crippen LogP contribution in [0.1, 0.15) is 11.1 Å². The Labute approximate surface area is 60.5 Å². The summed E-state index contributed by atoms with van der Waals surface area (Å²) in [7, 11) is 0. The van der Waals surface area contributed by atoms with Gasteiger partial charge in [-0.3, -0.25) is 0 Å². The highest BCUT2D eigenvalue weighted by molar-refractivity contribution is 5.40. The van der Waals surface area contributed by atoms with Crippen LogP contribution in [0.4, 0.5) is 0 Å². The number of hydrogen-bond acceptors (Lipinski definition) is 0. The fraction of sp³-hybridized carbons (Fsp3) is 0. The van der Waals surface area contributed by atoms with Gasteiger partial charge in [-0.05, 0) is 0 Å². The molecule has 0 saturated carbocycles. The van der Waals surface area contributed by atoms with Gasteiger partial charge in [0.2, 0.25) is 0 Å².